The van der Waals surface area contributed by atoms with Gasteiger partial charge in [0.15, 0.2) is 6.61 Å². The van der Waals surface area contributed by atoms with E-state index in [9.17, 15) is 4.79 Å². The topological polar surface area (TPSA) is 58.6 Å². The van der Waals surface area contributed by atoms with E-state index in [0.717, 1.165) is 10.8 Å². The van der Waals surface area contributed by atoms with Crippen molar-refractivity contribution >= 4 is 16.7 Å². The van der Waals surface area contributed by atoms with Crippen LogP contribution in [-0.2, 0) is 4.79 Å². The molecule has 4 nitrogen and oxygen atoms in total. The highest BCUT2D eigenvalue weighted by Crippen LogP contribution is 2.20. The molecule has 2 N–H and O–H groups in total. The minimum atomic E-state index is -0.635. The van der Waals surface area contributed by atoms with E-state index in [1.807, 2.05) is 42.5 Å². The number of carbonyl (C=O) groups is 1. The molecule has 0 bridgehead atoms. The first-order chi connectivity index (χ1) is 9.50. The first-order valence-corrected chi connectivity index (χ1v) is 6.54. The zero-order valence-corrected chi connectivity index (χ0v) is 11.7. The minimum absolute atomic E-state index is 0.0677. The van der Waals surface area contributed by atoms with Gasteiger partial charge >= 0.3 is 0 Å². The summed E-state index contributed by atoms with van der Waals surface area (Å²) in [5.41, 5.74) is -0.635. The maximum atomic E-state index is 11.7. The number of nitrogens with one attached hydrogen (secondary N) is 1. The summed E-state index contributed by atoms with van der Waals surface area (Å²) in [6.07, 6.45) is 0. The second-order valence-corrected chi connectivity index (χ2v) is 5.39. The quantitative estimate of drug-likeness (QED) is 0.877. The third kappa shape index (κ3) is 3.71. The highest BCUT2D eigenvalue weighted by Gasteiger charge is 2.19. The van der Waals surface area contributed by atoms with Gasteiger partial charge < -0.3 is 15.2 Å². The van der Waals surface area contributed by atoms with Crippen molar-refractivity contribution in [2.45, 2.75) is 19.4 Å². The summed E-state index contributed by atoms with van der Waals surface area (Å²) in [7, 11) is 0. The summed E-state index contributed by atoms with van der Waals surface area (Å²) >= 11 is 0. The lowest BCUT2D eigenvalue weighted by Gasteiger charge is -2.23. The Morgan fingerprint density at radius 2 is 1.90 bits per heavy atom. The van der Waals surface area contributed by atoms with E-state index in [-0.39, 0.29) is 19.1 Å². The summed E-state index contributed by atoms with van der Waals surface area (Å²) in [5, 5.41) is 14.0. The molecule has 106 valence electrons. The van der Waals surface area contributed by atoms with Gasteiger partial charge in [-0.15, -0.1) is 0 Å². The highest BCUT2D eigenvalue weighted by atomic mass is 16.5. The van der Waals surface area contributed by atoms with Crippen molar-refractivity contribution in [1.82, 2.24) is 5.32 Å². The Morgan fingerprint density at radius 1 is 1.20 bits per heavy atom. The molecule has 0 aliphatic rings. The molecular weight excluding hydrogens is 254 g/mol. The Balaban J connectivity index is 1.97. The Bertz CT molecular complexity index is 607. The molecule has 0 fully saturated rings. The maximum Gasteiger partial charge on any atom is 0.258 e. The van der Waals surface area contributed by atoms with Crippen LogP contribution in [0.5, 0.6) is 5.75 Å². The summed E-state index contributed by atoms with van der Waals surface area (Å²) in [6.45, 7) is 3.32. The fourth-order valence-corrected chi connectivity index (χ4v) is 1.86. The van der Waals surface area contributed by atoms with Crippen molar-refractivity contribution in [2.24, 2.45) is 0 Å². The lowest BCUT2D eigenvalue weighted by atomic mass is 10.1. The Morgan fingerprint density at radius 3 is 2.60 bits per heavy atom. The fraction of sp³-hybridized carbons (Fsp3) is 0.312. The standard InChI is InChI=1S/C16H19NO3/c1-16(2,11-18)17-15(19)10-20-14-8-7-12-5-3-4-6-13(12)9-14/h3-9,18H,10-11H2,1-2H3,(H,17,19). The van der Waals surface area contributed by atoms with Gasteiger partial charge in [0.25, 0.3) is 5.91 Å². The zero-order chi connectivity index (χ0) is 14.6. The monoisotopic (exact) mass is 273 g/mol. The molecule has 0 aliphatic heterocycles. The van der Waals surface area contributed by atoms with Gasteiger partial charge in [0.2, 0.25) is 0 Å². The SMILES string of the molecule is CC(C)(CO)NC(=O)COc1ccc2ccccc2c1. The Kier molecular flexibility index (Phi) is 4.25. The number of aliphatic hydroxyl groups is 1. The van der Waals surface area contributed by atoms with Crippen LogP contribution >= 0.6 is 0 Å². The van der Waals surface area contributed by atoms with E-state index in [4.69, 9.17) is 9.84 Å². The summed E-state index contributed by atoms with van der Waals surface area (Å²) in [6, 6.07) is 13.7. The van der Waals surface area contributed by atoms with Crippen molar-refractivity contribution in [3.8, 4) is 5.75 Å². The molecule has 0 spiro atoms. The number of rotatable bonds is 5. The van der Waals surface area contributed by atoms with Crippen LogP contribution in [0, 0.1) is 0 Å². The van der Waals surface area contributed by atoms with Gasteiger partial charge in [0.1, 0.15) is 5.75 Å². The van der Waals surface area contributed by atoms with Crippen molar-refractivity contribution in [3.05, 3.63) is 42.5 Å². The molecule has 0 heterocycles. The molecule has 2 aromatic rings. The predicted molar refractivity (Wildman–Crippen MR) is 78.8 cm³/mol. The number of hydrogen-bond acceptors (Lipinski definition) is 3. The lowest BCUT2D eigenvalue weighted by Crippen LogP contribution is -2.48. The van der Waals surface area contributed by atoms with Crippen LogP contribution in [0.2, 0.25) is 0 Å². The Labute approximate surface area is 118 Å². The van der Waals surface area contributed by atoms with E-state index in [1.54, 1.807) is 13.8 Å². The van der Waals surface area contributed by atoms with Crippen molar-refractivity contribution in [3.63, 3.8) is 0 Å². The summed E-state index contributed by atoms with van der Waals surface area (Å²) < 4.78 is 5.47. The molecule has 20 heavy (non-hydrogen) atoms. The molecule has 4 heteroatoms. The van der Waals surface area contributed by atoms with E-state index in [1.165, 1.54) is 0 Å². The molecule has 2 rings (SSSR count). The van der Waals surface area contributed by atoms with Crippen LogP contribution < -0.4 is 10.1 Å². The molecule has 0 aliphatic carbocycles. The molecule has 0 saturated heterocycles. The fourth-order valence-electron chi connectivity index (χ4n) is 1.86. The summed E-state index contributed by atoms with van der Waals surface area (Å²) in [5.74, 6) is 0.401. The molecule has 0 aromatic heterocycles. The van der Waals surface area contributed by atoms with E-state index < -0.39 is 5.54 Å². The number of carbonyl (C=O) groups excluding carboxylic acids is 1. The highest BCUT2D eigenvalue weighted by molar-refractivity contribution is 5.84. The zero-order valence-electron chi connectivity index (χ0n) is 11.7. The van der Waals surface area contributed by atoms with Crippen molar-refractivity contribution in [1.29, 1.82) is 0 Å². The number of aliphatic hydroxyl groups excluding tert-OH is 1. The number of amides is 1. The molecule has 0 unspecified atom stereocenters. The van der Waals surface area contributed by atoms with Gasteiger partial charge in [-0.3, -0.25) is 4.79 Å². The first kappa shape index (κ1) is 14.3. The van der Waals surface area contributed by atoms with Gasteiger partial charge in [0.05, 0.1) is 12.1 Å². The molecule has 0 atom stereocenters. The predicted octanol–water partition coefficient (Wildman–Crippen LogP) is 2.11. The number of hydrogen-bond donors (Lipinski definition) is 2. The van der Waals surface area contributed by atoms with Gasteiger partial charge in [-0.2, -0.15) is 0 Å². The molecule has 0 radical (unpaired) electrons. The number of ether oxygens (including phenoxy) is 1. The van der Waals surface area contributed by atoms with E-state index in [0.29, 0.717) is 5.75 Å². The lowest BCUT2D eigenvalue weighted by molar-refractivity contribution is -0.125. The third-order valence-corrected chi connectivity index (χ3v) is 2.96. The normalized spacial score (nSPS) is 11.3. The van der Waals surface area contributed by atoms with Crippen LogP contribution in [-0.4, -0.2) is 29.8 Å². The van der Waals surface area contributed by atoms with Crippen LogP contribution in [0.25, 0.3) is 10.8 Å². The third-order valence-electron chi connectivity index (χ3n) is 2.96. The Hall–Kier alpha value is -2.07. The molecular formula is C16H19NO3. The largest absolute Gasteiger partial charge is 0.484 e. The van der Waals surface area contributed by atoms with Crippen molar-refractivity contribution in [2.75, 3.05) is 13.2 Å². The van der Waals surface area contributed by atoms with Crippen LogP contribution in [0.1, 0.15) is 13.8 Å². The second kappa shape index (κ2) is 5.92. The minimum Gasteiger partial charge on any atom is -0.484 e. The van der Waals surface area contributed by atoms with E-state index >= 15 is 0 Å². The van der Waals surface area contributed by atoms with Crippen LogP contribution in [0.4, 0.5) is 0 Å². The smallest absolute Gasteiger partial charge is 0.258 e. The number of fused-ring (bicyclic) bond motifs is 1. The maximum absolute atomic E-state index is 11.7. The van der Waals surface area contributed by atoms with Gasteiger partial charge in [-0.05, 0) is 36.8 Å². The molecule has 1 amide bonds. The average molecular weight is 273 g/mol. The molecule has 2 aromatic carbocycles. The second-order valence-electron chi connectivity index (χ2n) is 5.39. The van der Waals surface area contributed by atoms with E-state index in [2.05, 4.69) is 5.32 Å². The van der Waals surface area contributed by atoms with Gasteiger partial charge in [-0.25, -0.2) is 0 Å². The average Bonchev–Trinajstić information content (AvgIpc) is 2.44. The van der Waals surface area contributed by atoms with Crippen LogP contribution in [0.15, 0.2) is 42.5 Å². The summed E-state index contributed by atoms with van der Waals surface area (Å²) in [4.78, 5) is 11.7. The molecule has 0 saturated carbocycles. The van der Waals surface area contributed by atoms with Crippen molar-refractivity contribution < 1.29 is 14.6 Å². The number of benzene rings is 2. The van der Waals surface area contributed by atoms with Gasteiger partial charge in [0, 0.05) is 0 Å². The van der Waals surface area contributed by atoms with Crippen LogP contribution in [0.3, 0.4) is 0 Å². The first-order valence-electron chi connectivity index (χ1n) is 6.54. The van der Waals surface area contributed by atoms with Gasteiger partial charge in [-0.1, -0.05) is 30.3 Å².